The predicted molar refractivity (Wildman–Crippen MR) is 77.9 cm³/mol. The van der Waals surface area contributed by atoms with Crippen molar-refractivity contribution < 1.29 is 9.47 Å². The van der Waals surface area contributed by atoms with Crippen molar-refractivity contribution in [2.24, 2.45) is 0 Å². The molecule has 0 aliphatic heterocycles. The second-order valence-electron chi connectivity index (χ2n) is 4.92. The van der Waals surface area contributed by atoms with E-state index in [0.717, 1.165) is 37.2 Å². The maximum absolute atomic E-state index is 6.27. The van der Waals surface area contributed by atoms with Gasteiger partial charge in [0.25, 0.3) is 0 Å². The lowest BCUT2D eigenvalue weighted by Gasteiger charge is -2.18. The van der Waals surface area contributed by atoms with Crippen molar-refractivity contribution >= 4 is 11.6 Å². The van der Waals surface area contributed by atoms with Crippen LogP contribution >= 0.6 is 11.6 Å². The Morgan fingerprint density at radius 2 is 2.11 bits per heavy atom. The van der Waals surface area contributed by atoms with Crippen molar-refractivity contribution in [2.45, 2.75) is 38.3 Å². The highest BCUT2D eigenvalue weighted by molar-refractivity contribution is 6.32. The molecular weight excluding hydrogens is 262 g/mol. The van der Waals surface area contributed by atoms with Gasteiger partial charge in [-0.25, -0.2) is 0 Å². The minimum Gasteiger partial charge on any atom is -0.489 e. The molecule has 1 saturated carbocycles. The molecule has 2 rings (SSSR count). The summed E-state index contributed by atoms with van der Waals surface area (Å²) in [6.45, 7) is 2.29. The molecule has 0 amide bonds. The van der Waals surface area contributed by atoms with Gasteiger partial charge in [-0.15, -0.1) is 0 Å². The van der Waals surface area contributed by atoms with Gasteiger partial charge in [-0.3, -0.25) is 0 Å². The molecule has 1 fully saturated rings. The van der Waals surface area contributed by atoms with Crippen LogP contribution in [0.1, 0.15) is 31.2 Å². The molecule has 4 heteroatoms. The lowest BCUT2D eigenvalue weighted by molar-refractivity contribution is 0.197. The molecule has 3 nitrogen and oxygen atoms in total. The molecule has 1 aliphatic carbocycles. The summed E-state index contributed by atoms with van der Waals surface area (Å²) in [5.41, 5.74) is 1.12. The smallest absolute Gasteiger partial charge is 0.142 e. The molecule has 19 heavy (non-hydrogen) atoms. The Morgan fingerprint density at radius 1 is 1.32 bits per heavy atom. The Kier molecular flexibility index (Phi) is 5.95. The second kappa shape index (κ2) is 7.73. The van der Waals surface area contributed by atoms with Crippen LogP contribution in [0.15, 0.2) is 18.2 Å². The van der Waals surface area contributed by atoms with E-state index in [1.54, 1.807) is 7.11 Å². The average molecular weight is 284 g/mol. The van der Waals surface area contributed by atoms with Crippen LogP contribution in [-0.4, -0.2) is 26.4 Å². The molecule has 106 valence electrons. The molecule has 1 aromatic rings. The monoisotopic (exact) mass is 283 g/mol. The van der Waals surface area contributed by atoms with Crippen molar-refractivity contribution in [1.29, 1.82) is 0 Å². The third-order valence-electron chi connectivity index (χ3n) is 3.43. The topological polar surface area (TPSA) is 30.5 Å². The van der Waals surface area contributed by atoms with E-state index in [1.807, 2.05) is 12.1 Å². The number of halogens is 1. The van der Waals surface area contributed by atoms with Crippen molar-refractivity contribution in [3.8, 4) is 5.75 Å². The molecule has 1 N–H and O–H groups in total. The molecule has 0 saturated heterocycles. The van der Waals surface area contributed by atoms with E-state index in [2.05, 4.69) is 11.4 Å². The van der Waals surface area contributed by atoms with E-state index < -0.39 is 0 Å². The predicted octanol–water partition coefficient (Wildman–Crippen LogP) is 3.40. The Balaban J connectivity index is 1.98. The largest absolute Gasteiger partial charge is 0.489 e. The molecule has 0 heterocycles. The zero-order chi connectivity index (χ0) is 13.5. The second-order valence-corrected chi connectivity index (χ2v) is 5.33. The van der Waals surface area contributed by atoms with Gasteiger partial charge in [-0.05, 0) is 31.7 Å². The van der Waals surface area contributed by atoms with Crippen molar-refractivity contribution in [2.75, 3.05) is 20.3 Å². The molecular formula is C15H22ClNO2. The Labute approximate surface area is 120 Å². The highest BCUT2D eigenvalue weighted by atomic mass is 35.5. The molecule has 0 bridgehead atoms. The molecule has 1 aliphatic rings. The van der Waals surface area contributed by atoms with E-state index in [-0.39, 0.29) is 0 Å². The normalized spacial score (nSPS) is 15.9. The number of benzene rings is 1. The number of hydrogen-bond donors (Lipinski definition) is 1. The van der Waals surface area contributed by atoms with Gasteiger partial charge >= 0.3 is 0 Å². The molecule has 0 atom stereocenters. The van der Waals surface area contributed by atoms with E-state index in [4.69, 9.17) is 21.1 Å². The standard InChI is InChI=1S/C15H22ClNO2/c1-18-10-9-17-11-12-5-4-8-14(16)15(12)19-13-6-2-3-7-13/h4-5,8,13,17H,2-3,6-7,9-11H2,1H3. The summed E-state index contributed by atoms with van der Waals surface area (Å²) < 4.78 is 11.1. The van der Waals surface area contributed by atoms with Crippen molar-refractivity contribution in [3.63, 3.8) is 0 Å². The maximum atomic E-state index is 6.27. The summed E-state index contributed by atoms with van der Waals surface area (Å²) in [6.07, 6.45) is 5.13. The van der Waals surface area contributed by atoms with Gasteiger partial charge in [-0.1, -0.05) is 23.7 Å². The van der Waals surface area contributed by atoms with Crippen LogP contribution in [-0.2, 0) is 11.3 Å². The molecule has 0 unspecified atom stereocenters. The van der Waals surface area contributed by atoms with Gasteiger partial charge in [-0.2, -0.15) is 0 Å². The fraction of sp³-hybridized carbons (Fsp3) is 0.600. The zero-order valence-corrected chi connectivity index (χ0v) is 12.2. The summed E-state index contributed by atoms with van der Waals surface area (Å²) in [5, 5.41) is 4.04. The average Bonchev–Trinajstić information content (AvgIpc) is 2.91. The van der Waals surface area contributed by atoms with Crippen LogP contribution in [0.25, 0.3) is 0 Å². The minimum atomic E-state index is 0.331. The summed E-state index contributed by atoms with van der Waals surface area (Å²) in [7, 11) is 1.70. The van der Waals surface area contributed by atoms with Gasteiger partial charge in [0.2, 0.25) is 0 Å². The molecule has 0 radical (unpaired) electrons. The van der Waals surface area contributed by atoms with Crippen LogP contribution in [0.3, 0.4) is 0 Å². The fourth-order valence-corrected chi connectivity index (χ4v) is 2.63. The Hall–Kier alpha value is -0.770. The van der Waals surface area contributed by atoms with Gasteiger partial charge in [0.15, 0.2) is 0 Å². The van der Waals surface area contributed by atoms with Crippen LogP contribution in [0.2, 0.25) is 5.02 Å². The number of para-hydroxylation sites is 1. The molecule has 0 spiro atoms. The lowest BCUT2D eigenvalue weighted by atomic mass is 10.2. The first-order valence-corrected chi connectivity index (χ1v) is 7.32. The van der Waals surface area contributed by atoms with Gasteiger partial charge < -0.3 is 14.8 Å². The zero-order valence-electron chi connectivity index (χ0n) is 11.5. The van der Waals surface area contributed by atoms with Crippen LogP contribution in [0.4, 0.5) is 0 Å². The Morgan fingerprint density at radius 3 is 2.84 bits per heavy atom. The van der Waals surface area contributed by atoms with Gasteiger partial charge in [0.05, 0.1) is 17.7 Å². The quantitative estimate of drug-likeness (QED) is 0.778. The first kappa shape index (κ1) is 14.6. The highest BCUT2D eigenvalue weighted by Crippen LogP contribution is 2.32. The number of nitrogens with one attached hydrogen (secondary N) is 1. The van der Waals surface area contributed by atoms with Gasteiger partial charge in [0, 0.05) is 25.8 Å². The van der Waals surface area contributed by atoms with Crippen LogP contribution in [0, 0.1) is 0 Å². The summed E-state index contributed by atoms with van der Waals surface area (Å²) in [6, 6.07) is 5.93. The Bertz CT molecular complexity index is 392. The van der Waals surface area contributed by atoms with Crippen LogP contribution < -0.4 is 10.1 Å². The summed E-state index contributed by atoms with van der Waals surface area (Å²) in [4.78, 5) is 0. The van der Waals surface area contributed by atoms with E-state index >= 15 is 0 Å². The fourth-order valence-electron chi connectivity index (χ4n) is 2.39. The van der Waals surface area contributed by atoms with Crippen molar-refractivity contribution in [3.05, 3.63) is 28.8 Å². The number of methoxy groups -OCH3 is 1. The summed E-state index contributed by atoms with van der Waals surface area (Å²) in [5.74, 6) is 0.848. The number of hydrogen-bond acceptors (Lipinski definition) is 3. The summed E-state index contributed by atoms with van der Waals surface area (Å²) >= 11 is 6.27. The molecule has 0 aromatic heterocycles. The first-order valence-electron chi connectivity index (χ1n) is 6.95. The SMILES string of the molecule is COCCNCc1cccc(Cl)c1OC1CCCC1. The van der Waals surface area contributed by atoms with E-state index in [9.17, 15) is 0 Å². The first-order chi connectivity index (χ1) is 9.31. The lowest BCUT2D eigenvalue weighted by Crippen LogP contribution is -2.20. The third-order valence-corrected chi connectivity index (χ3v) is 3.73. The highest BCUT2D eigenvalue weighted by Gasteiger charge is 2.19. The third kappa shape index (κ3) is 4.37. The maximum Gasteiger partial charge on any atom is 0.142 e. The minimum absolute atomic E-state index is 0.331. The van der Waals surface area contributed by atoms with Crippen LogP contribution in [0.5, 0.6) is 5.75 Å². The van der Waals surface area contributed by atoms with E-state index in [1.165, 1.54) is 12.8 Å². The van der Waals surface area contributed by atoms with E-state index in [0.29, 0.717) is 17.7 Å². The molecule has 1 aromatic carbocycles. The van der Waals surface area contributed by atoms with Crippen molar-refractivity contribution in [1.82, 2.24) is 5.32 Å². The number of rotatable bonds is 7. The number of ether oxygens (including phenoxy) is 2. The van der Waals surface area contributed by atoms with Gasteiger partial charge in [0.1, 0.15) is 5.75 Å².